The Bertz CT molecular complexity index is 2200. The van der Waals surface area contributed by atoms with Crippen LogP contribution >= 0.6 is 0 Å². The summed E-state index contributed by atoms with van der Waals surface area (Å²) in [7, 11) is 1.65. The van der Waals surface area contributed by atoms with E-state index in [1.165, 1.54) is 0 Å². The fourth-order valence-corrected chi connectivity index (χ4v) is 7.90. The molecule has 0 heterocycles. The number of benzene rings is 6. The quantitative estimate of drug-likeness (QED) is 0.172. The van der Waals surface area contributed by atoms with Crippen molar-refractivity contribution in [1.29, 1.82) is 5.41 Å². The zero-order valence-electron chi connectivity index (χ0n) is 27.2. The van der Waals surface area contributed by atoms with Crippen molar-refractivity contribution in [3.05, 3.63) is 215 Å². The van der Waals surface area contributed by atoms with E-state index in [2.05, 4.69) is 66.7 Å². The lowest BCUT2D eigenvalue weighted by molar-refractivity contribution is -0.118. The van der Waals surface area contributed by atoms with Gasteiger partial charge in [0.2, 0.25) is 0 Å². The first-order chi connectivity index (χ1) is 24.1. The summed E-state index contributed by atoms with van der Waals surface area (Å²) in [5.41, 5.74) is 6.03. The van der Waals surface area contributed by atoms with Crippen LogP contribution in [-0.4, -0.2) is 18.6 Å². The number of nitrogens with one attached hydrogen (secondary N) is 1. The first kappa shape index (κ1) is 30.3. The van der Waals surface area contributed by atoms with Crippen molar-refractivity contribution >= 4 is 33.9 Å². The van der Waals surface area contributed by atoms with Gasteiger partial charge in [-0.25, -0.2) is 0 Å². The lowest BCUT2D eigenvalue weighted by Gasteiger charge is -2.43. The minimum Gasteiger partial charge on any atom is -0.497 e. The number of ether oxygens (including phenoxy) is 1. The van der Waals surface area contributed by atoms with Crippen molar-refractivity contribution in [3.63, 3.8) is 0 Å². The fraction of sp³-hybridized carbons (Fsp3) is 0.0870. The van der Waals surface area contributed by atoms with Crippen molar-refractivity contribution in [1.82, 2.24) is 0 Å². The van der Waals surface area contributed by atoms with Crippen molar-refractivity contribution in [2.75, 3.05) is 7.11 Å². The molecule has 2 aliphatic rings. The van der Waals surface area contributed by atoms with Gasteiger partial charge in [-0.15, -0.1) is 0 Å². The molecule has 0 aromatic heterocycles. The van der Waals surface area contributed by atoms with Crippen molar-refractivity contribution in [2.24, 2.45) is 5.41 Å². The third-order valence-corrected chi connectivity index (χ3v) is 10.1. The maximum absolute atomic E-state index is 16.0. The monoisotopic (exact) mass is 633 g/mol. The van der Waals surface area contributed by atoms with Gasteiger partial charge in [0.05, 0.1) is 12.8 Å². The van der Waals surface area contributed by atoms with Crippen LogP contribution in [0.5, 0.6) is 0 Å². The topological polar surface area (TPSA) is 50.2 Å². The number of hydrogen-bond acceptors (Lipinski definition) is 3. The first-order valence-corrected chi connectivity index (χ1v) is 16.7. The minimum absolute atomic E-state index is 0.126. The Morgan fingerprint density at radius 2 is 1.12 bits per heavy atom. The van der Waals surface area contributed by atoms with Crippen LogP contribution in [0.2, 0.25) is 0 Å². The summed E-state index contributed by atoms with van der Waals surface area (Å²) < 4.78 is 6.12. The summed E-state index contributed by atoms with van der Waals surface area (Å²) in [4.78, 5) is 16.0. The van der Waals surface area contributed by atoms with Crippen molar-refractivity contribution < 1.29 is 9.53 Å². The number of carbonyl (C=O) groups is 1. The van der Waals surface area contributed by atoms with Gasteiger partial charge in [0.25, 0.3) is 0 Å². The summed E-state index contributed by atoms with van der Waals surface area (Å²) in [5, 5.41) is 12.6. The average Bonchev–Trinajstić information content (AvgIpc) is 3.54. The summed E-state index contributed by atoms with van der Waals surface area (Å²) in [5.74, 6) is -0.410. The van der Waals surface area contributed by atoms with Gasteiger partial charge in [-0.2, -0.15) is 0 Å². The Kier molecular flexibility index (Phi) is 7.74. The molecule has 8 rings (SSSR count). The van der Waals surface area contributed by atoms with Crippen LogP contribution in [-0.2, 0) is 9.53 Å². The standard InChI is InChI=1S/C46H35NO2/c1-49-37-29-40(41(31-16-6-2-7-17-31)32-18-8-3-9-19-32)44(47)46(30-37,43(34-20-10-4-11-21-34)35-22-12-5-13-23-35)45(48)39-28-36-26-14-24-33-25-15-27-38(39)42(33)36/h2-30,41,43,47H,1H3. The summed E-state index contributed by atoms with van der Waals surface area (Å²) in [6, 6.07) is 53.2. The number of allylic oxidation sites excluding steroid dienone is 4. The van der Waals surface area contributed by atoms with E-state index in [1.54, 1.807) is 7.11 Å². The molecule has 6 aromatic rings. The number of ketones is 1. The second-order valence-electron chi connectivity index (χ2n) is 12.7. The van der Waals surface area contributed by atoms with Gasteiger partial charge in [0, 0.05) is 17.4 Å². The van der Waals surface area contributed by atoms with Crippen LogP contribution in [0.3, 0.4) is 0 Å². The summed E-state index contributed by atoms with van der Waals surface area (Å²) >= 11 is 0. The van der Waals surface area contributed by atoms with E-state index in [4.69, 9.17) is 4.74 Å². The molecule has 0 amide bonds. The van der Waals surface area contributed by atoms with Crippen molar-refractivity contribution in [3.8, 4) is 0 Å². The van der Waals surface area contributed by atoms with Gasteiger partial charge in [0.15, 0.2) is 5.78 Å². The van der Waals surface area contributed by atoms with Crippen molar-refractivity contribution in [2.45, 2.75) is 11.8 Å². The third kappa shape index (κ3) is 5.06. The van der Waals surface area contributed by atoms with E-state index in [9.17, 15) is 5.41 Å². The highest BCUT2D eigenvalue weighted by Gasteiger charge is 2.54. The van der Waals surface area contributed by atoms with Gasteiger partial charge in [-0.05, 0) is 68.0 Å². The number of carbonyl (C=O) groups excluding carboxylic acids is 1. The zero-order valence-corrected chi connectivity index (χ0v) is 27.2. The molecule has 0 spiro atoms. The lowest BCUT2D eigenvalue weighted by Crippen LogP contribution is -2.47. The Balaban J connectivity index is 1.43. The molecule has 1 atom stereocenters. The van der Waals surface area contributed by atoms with Gasteiger partial charge in [0.1, 0.15) is 11.2 Å². The number of methoxy groups -OCH3 is 1. The number of Topliss-reactive ketones (excluding diaryl/α,β-unsaturated/α-hetero) is 1. The normalized spacial score (nSPS) is 16.8. The molecule has 1 N–H and O–H groups in total. The molecule has 3 nitrogen and oxygen atoms in total. The predicted octanol–water partition coefficient (Wildman–Crippen LogP) is 10.4. The molecular weight excluding hydrogens is 599 g/mol. The molecule has 0 saturated heterocycles. The van der Waals surface area contributed by atoms with Crippen LogP contribution in [0.1, 0.15) is 45.2 Å². The van der Waals surface area contributed by atoms with E-state index in [0.29, 0.717) is 11.3 Å². The highest BCUT2D eigenvalue weighted by Crippen LogP contribution is 2.54. The van der Waals surface area contributed by atoms with Gasteiger partial charge in [-0.3, -0.25) is 4.79 Å². The molecule has 236 valence electrons. The summed E-state index contributed by atoms with van der Waals surface area (Å²) in [6.07, 6.45) is 5.90. The van der Waals surface area contributed by atoms with Crippen LogP contribution in [0.15, 0.2) is 181 Å². The Hall–Kier alpha value is -6.06. The molecule has 3 heteroatoms. The van der Waals surface area contributed by atoms with E-state index >= 15 is 4.79 Å². The Labute approximate surface area is 287 Å². The van der Waals surface area contributed by atoms with Crippen LogP contribution in [0.25, 0.3) is 22.4 Å². The van der Waals surface area contributed by atoms with E-state index in [0.717, 1.165) is 49.7 Å². The highest BCUT2D eigenvalue weighted by atomic mass is 16.5. The molecule has 2 aliphatic carbocycles. The van der Waals surface area contributed by atoms with Gasteiger partial charge >= 0.3 is 0 Å². The van der Waals surface area contributed by atoms with Gasteiger partial charge < -0.3 is 10.1 Å². The molecule has 1 unspecified atom stereocenters. The molecule has 0 saturated carbocycles. The first-order valence-electron chi connectivity index (χ1n) is 16.7. The molecule has 0 bridgehead atoms. The predicted molar refractivity (Wildman–Crippen MR) is 200 cm³/mol. The fourth-order valence-electron chi connectivity index (χ4n) is 7.90. The highest BCUT2D eigenvalue weighted by molar-refractivity contribution is 6.40. The number of hydrogen-bond donors (Lipinski definition) is 1. The van der Waals surface area contributed by atoms with E-state index in [-0.39, 0.29) is 17.4 Å². The van der Waals surface area contributed by atoms with E-state index in [1.807, 2.05) is 109 Å². The van der Waals surface area contributed by atoms with Crippen LogP contribution in [0.4, 0.5) is 0 Å². The number of rotatable bonds is 9. The third-order valence-electron chi connectivity index (χ3n) is 10.1. The van der Waals surface area contributed by atoms with Crippen LogP contribution in [0, 0.1) is 10.8 Å². The molecule has 0 aliphatic heterocycles. The SMILES string of the molecule is COC1=CC(C(=O)C2=Cc3cccc4cccc2c34)(C(c2ccccc2)c2ccccc2)C(=N)C(C(c2ccccc2)c2ccccc2)=C1. The van der Waals surface area contributed by atoms with E-state index < -0.39 is 11.3 Å². The maximum Gasteiger partial charge on any atom is 0.180 e. The lowest BCUT2D eigenvalue weighted by atomic mass is 9.57. The molecule has 0 radical (unpaired) electrons. The molecule has 6 aromatic carbocycles. The molecule has 49 heavy (non-hydrogen) atoms. The van der Waals surface area contributed by atoms with Crippen LogP contribution < -0.4 is 0 Å². The molecular formula is C46H35NO2. The average molecular weight is 634 g/mol. The maximum atomic E-state index is 16.0. The second-order valence-corrected chi connectivity index (χ2v) is 12.7. The Morgan fingerprint density at radius 1 is 0.612 bits per heavy atom. The zero-order chi connectivity index (χ0) is 33.4. The minimum atomic E-state index is -1.46. The Morgan fingerprint density at radius 3 is 1.65 bits per heavy atom. The smallest absolute Gasteiger partial charge is 0.180 e. The summed E-state index contributed by atoms with van der Waals surface area (Å²) in [6.45, 7) is 0. The van der Waals surface area contributed by atoms with Gasteiger partial charge in [-0.1, -0.05) is 158 Å². The largest absolute Gasteiger partial charge is 0.497 e. The second kappa shape index (κ2) is 12.5. The molecule has 0 fully saturated rings.